The van der Waals surface area contributed by atoms with Crippen molar-refractivity contribution in [2.45, 2.75) is 18.9 Å². The predicted octanol–water partition coefficient (Wildman–Crippen LogP) is 3.93. The fraction of sp³-hybridized carbons (Fsp3) is 0.240. The summed E-state index contributed by atoms with van der Waals surface area (Å²) in [7, 11) is 1.69. The van der Waals surface area contributed by atoms with Gasteiger partial charge in [0.15, 0.2) is 5.65 Å². The molecule has 10 nitrogen and oxygen atoms in total. The maximum absolute atomic E-state index is 5.80. The van der Waals surface area contributed by atoms with Crippen LogP contribution in [0.25, 0.3) is 21.8 Å². The summed E-state index contributed by atoms with van der Waals surface area (Å²) in [6.07, 6.45) is 4.89. The first kappa shape index (κ1) is 22.5. The Labute approximate surface area is 215 Å². The van der Waals surface area contributed by atoms with Crippen molar-refractivity contribution in [3.8, 4) is 5.75 Å². The zero-order valence-corrected chi connectivity index (χ0v) is 21.2. The van der Waals surface area contributed by atoms with Crippen molar-refractivity contribution in [1.29, 1.82) is 0 Å². The summed E-state index contributed by atoms with van der Waals surface area (Å²) in [5.41, 5.74) is 9.54. The molecule has 1 atom stereocenters. The summed E-state index contributed by atoms with van der Waals surface area (Å²) < 4.78 is 6.30. The summed E-state index contributed by atoms with van der Waals surface area (Å²) in [6, 6.07) is 12.7. The highest BCUT2D eigenvalue weighted by Crippen LogP contribution is 2.34. The van der Waals surface area contributed by atoms with E-state index in [0.29, 0.717) is 12.1 Å². The molecule has 1 aliphatic rings. The number of nitrogens with zero attached hydrogens (tertiary/aromatic N) is 6. The number of ether oxygens (including phenoxy) is 1. The van der Waals surface area contributed by atoms with Crippen LogP contribution in [0.2, 0.25) is 0 Å². The average Bonchev–Trinajstić information content (AvgIpc) is 3.50. The second-order valence-electron chi connectivity index (χ2n) is 8.82. The van der Waals surface area contributed by atoms with E-state index in [1.807, 2.05) is 12.1 Å². The number of fused-ring (bicyclic) bond motifs is 2. The van der Waals surface area contributed by atoms with Crippen molar-refractivity contribution >= 4 is 55.2 Å². The molecule has 4 heterocycles. The normalized spacial score (nSPS) is 15.6. The van der Waals surface area contributed by atoms with Gasteiger partial charge < -0.3 is 20.7 Å². The van der Waals surface area contributed by atoms with Crippen LogP contribution in [0.15, 0.2) is 53.5 Å². The maximum atomic E-state index is 5.80. The zero-order chi connectivity index (χ0) is 24.6. The van der Waals surface area contributed by atoms with E-state index in [1.165, 1.54) is 0 Å². The fourth-order valence-electron chi connectivity index (χ4n) is 4.80. The van der Waals surface area contributed by atoms with Crippen LogP contribution >= 0.6 is 15.9 Å². The molecule has 5 aromatic rings. The van der Waals surface area contributed by atoms with Crippen molar-refractivity contribution in [1.82, 2.24) is 30.1 Å². The first-order valence-electron chi connectivity index (χ1n) is 11.6. The van der Waals surface area contributed by atoms with Crippen molar-refractivity contribution < 1.29 is 4.74 Å². The van der Waals surface area contributed by atoms with Gasteiger partial charge in [-0.25, -0.2) is 19.9 Å². The number of methoxy groups -OCH3 is 1. The fourth-order valence-corrected chi connectivity index (χ4v) is 5.25. The van der Waals surface area contributed by atoms with E-state index in [4.69, 9.17) is 10.5 Å². The highest BCUT2D eigenvalue weighted by Gasteiger charge is 2.27. The van der Waals surface area contributed by atoms with E-state index in [2.05, 4.69) is 80.5 Å². The number of hydrogen-bond acceptors (Lipinski definition) is 9. The second kappa shape index (κ2) is 9.23. The number of aromatic amines is 1. The second-order valence-corrected chi connectivity index (χ2v) is 9.62. The van der Waals surface area contributed by atoms with Gasteiger partial charge >= 0.3 is 0 Å². The molecule has 182 valence electrons. The van der Waals surface area contributed by atoms with E-state index in [1.54, 1.807) is 19.6 Å². The summed E-state index contributed by atoms with van der Waals surface area (Å²) >= 11 is 3.54. The van der Waals surface area contributed by atoms with Crippen LogP contribution in [0.5, 0.6) is 5.75 Å². The molecule has 0 spiro atoms. The molecular weight excluding hydrogens is 522 g/mol. The van der Waals surface area contributed by atoms with Crippen molar-refractivity contribution in [2.75, 3.05) is 36.1 Å². The van der Waals surface area contributed by atoms with E-state index in [0.717, 1.165) is 68.8 Å². The molecule has 0 bridgehead atoms. The van der Waals surface area contributed by atoms with Gasteiger partial charge in [-0.15, -0.1) is 0 Å². The molecule has 1 saturated heterocycles. The minimum atomic E-state index is 0.236. The Hall–Kier alpha value is -3.99. The Balaban J connectivity index is 1.31. The summed E-state index contributed by atoms with van der Waals surface area (Å²) in [5.74, 6) is 1.99. The van der Waals surface area contributed by atoms with E-state index in [-0.39, 0.29) is 12.0 Å². The Kier molecular flexibility index (Phi) is 5.76. The largest absolute Gasteiger partial charge is 0.497 e. The molecule has 1 fully saturated rings. The van der Waals surface area contributed by atoms with Crippen LogP contribution in [0.3, 0.4) is 0 Å². The zero-order valence-electron chi connectivity index (χ0n) is 19.6. The van der Waals surface area contributed by atoms with Crippen LogP contribution < -0.4 is 20.7 Å². The minimum absolute atomic E-state index is 0.236. The molecular formula is C25H24BrN9O. The number of nitrogens with one attached hydrogen (secondary N) is 2. The molecule has 0 aliphatic carbocycles. The Morgan fingerprint density at radius 2 is 2.11 bits per heavy atom. The smallest absolute Gasteiger partial charge is 0.220 e. The van der Waals surface area contributed by atoms with Crippen molar-refractivity contribution in [3.05, 3.63) is 64.8 Å². The lowest BCUT2D eigenvalue weighted by Crippen LogP contribution is -2.27. The number of nitrogens with two attached hydrogens (primary N) is 1. The SMILES string of the molecule is COc1ccc2cc(Cc3ccnc(N)n3)cc(NC3CCN(c4ncnc5n[nH]c(Br)c45)C3)c2c1. The van der Waals surface area contributed by atoms with Gasteiger partial charge in [-0.05, 0) is 57.6 Å². The van der Waals surface area contributed by atoms with Crippen LogP contribution in [0.1, 0.15) is 17.7 Å². The summed E-state index contributed by atoms with van der Waals surface area (Å²) in [5, 5.41) is 14.1. The monoisotopic (exact) mass is 545 g/mol. The highest BCUT2D eigenvalue weighted by atomic mass is 79.9. The van der Waals surface area contributed by atoms with Gasteiger partial charge in [0.2, 0.25) is 5.95 Å². The first-order chi connectivity index (χ1) is 17.6. The van der Waals surface area contributed by atoms with E-state index in [9.17, 15) is 0 Å². The van der Waals surface area contributed by atoms with E-state index < -0.39 is 0 Å². The maximum Gasteiger partial charge on any atom is 0.220 e. The lowest BCUT2D eigenvalue weighted by molar-refractivity contribution is 0.415. The Morgan fingerprint density at radius 1 is 1.19 bits per heavy atom. The van der Waals surface area contributed by atoms with Gasteiger partial charge in [-0.2, -0.15) is 5.10 Å². The van der Waals surface area contributed by atoms with Crippen LogP contribution in [0, 0.1) is 0 Å². The van der Waals surface area contributed by atoms with Gasteiger partial charge in [0, 0.05) is 42.8 Å². The number of halogens is 1. The van der Waals surface area contributed by atoms with Crippen LogP contribution in [0.4, 0.5) is 17.5 Å². The van der Waals surface area contributed by atoms with Crippen molar-refractivity contribution in [3.63, 3.8) is 0 Å². The van der Waals surface area contributed by atoms with Gasteiger partial charge in [0.05, 0.1) is 18.2 Å². The topological polar surface area (TPSA) is 131 Å². The number of benzene rings is 2. The Morgan fingerprint density at radius 3 is 2.97 bits per heavy atom. The lowest BCUT2D eigenvalue weighted by atomic mass is 10.0. The van der Waals surface area contributed by atoms with Gasteiger partial charge in [-0.3, -0.25) is 5.10 Å². The Bertz CT molecular complexity index is 1570. The molecule has 2 aromatic carbocycles. The first-order valence-corrected chi connectivity index (χ1v) is 12.4. The lowest BCUT2D eigenvalue weighted by Gasteiger charge is -2.20. The van der Waals surface area contributed by atoms with Gasteiger partial charge in [0.25, 0.3) is 0 Å². The number of hydrogen-bond donors (Lipinski definition) is 3. The molecule has 0 amide bonds. The van der Waals surface area contributed by atoms with Crippen LogP contribution in [-0.2, 0) is 6.42 Å². The third-order valence-electron chi connectivity index (χ3n) is 6.47. The van der Waals surface area contributed by atoms with E-state index >= 15 is 0 Å². The predicted molar refractivity (Wildman–Crippen MR) is 143 cm³/mol. The van der Waals surface area contributed by atoms with Gasteiger partial charge in [0.1, 0.15) is 22.5 Å². The molecule has 1 unspecified atom stereocenters. The number of aromatic nitrogens is 6. The minimum Gasteiger partial charge on any atom is -0.497 e. The molecule has 6 rings (SSSR count). The standard InChI is InChI=1S/C25H24BrN9O/c1-36-18-3-2-15-8-14(9-16-4-6-28-25(27)32-16)10-20(19(15)11-18)31-17-5-7-35(12-17)24-21-22(26)33-34-23(21)29-13-30-24/h2-4,6,8,10-11,13,17,31H,5,7,9,12H2,1H3,(H2,27,28,32)(H,29,30,33,34). The molecule has 11 heteroatoms. The molecule has 0 radical (unpaired) electrons. The molecule has 36 heavy (non-hydrogen) atoms. The number of H-pyrrole nitrogens is 1. The molecule has 0 saturated carbocycles. The molecule has 4 N–H and O–H groups in total. The number of anilines is 3. The molecule has 1 aliphatic heterocycles. The summed E-state index contributed by atoms with van der Waals surface area (Å²) in [4.78, 5) is 19.5. The average molecular weight is 546 g/mol. The summed E-state index contributed by atoms with van der Waals surface area (Å²) in [6.45, 7) is 1.68. The highest BCUT2D eigenvalue weighted by molar-refractivity contribution is 9.10. The quantitative estimate of drug-likeness (QED) is 0.290. The number of rotatable bonds is 6. The van der Waals surface area contributed by atoms with Crippen LogP contribution in [-0.4, -0.2) is 56.4 Å². The third-order valence-corrected chi connectivity index (χ3v) is 7.05. The van der Waals surface area contributed by atoms with Crippen molar-refractivity contribution in [2.24, 2.45) is 0 Å². The number of nitrogen functional groups attached to an aromatic ring is 1. The van der Waals surface area contributed by atoms with Gasteiger partial charge in [-0.1, -0.05) is 12.1 Å². The third kappa shape index (κ3) is 4.26. The molecule has 3 aromatic heterocycles.